The zero-order chi connectivity index (χ0) is 20.3. The van der Waals surface area contributed by atoms with Crippen molar-refractivity contribution in [3.8, 4) is 0 Å². The molecule has 2 atom stereocenters. The molecular formula is C23H44O4. The third-order valence-electron chi connectivity index (χ3n) is 4.86. The molecule has 4 nitrogen and oxygen atoms in total. The van der Waals surface area contributed by atoms with Gasteiger partial charge in [0.05, 0.1) is 12.2 Å². The maximum absolute atomic E-state index is 11.9. The summed E-state index contributed by atoms with van der Waals surface area (Å²) in [5, 5.41) is 0. The molecule has 2 unspecified atom stereocenters. The van der Waals surface area contributed by atoms with Gasteiger partial charge in [-0.2, -0.15) is 0 Å². The van der Waals surface area contributed by atoms with Crippen molar-refractivity contribution in [1.29, 1.82) is 0 Å². The summed E-state index contributed by atoms with van der Waals surface area (Å²) in [6, 6.07) is 0. The molecule has 0 radical (unpaired) electrons. The Morgan fingerprint density at radius 3 is 1.41 bits per heavy atom. The predicted octanol–water partition coefficient (Wildman–Crippen LogP) is 6.74. The Morgan fingerprint density at radius 2 is 0.963 bits per heavy atom. The molecule has 0 aromatic heterocycles. The maximum atomic E-state index is 11.9. The van der Waals surface area contributed by atoms with E-state index in [0.29, 0.717) is 19.3 Å². The number of hydrogen-bond acceptors (Lipinski definition) is 4. The van der Waals surface area contributed by atoms with Gasteiger partial charge in [0.25, 0.3) is 0 Å². The first-order valence-corrected chi connectivity index (χ1v) is 11.4. The van der Waals surface area contributed by atoms with Crippen molar-refractivity contribution in [3.63, 3.8) is 0 Å². The van der Waals surface area contributed by atoms with Crippen molar-refractivity contribution >= 4 is 11.9 Å². The van der Waals surface area contributed by atoms with E-state index in [9.17, 15) is 9.59 Å². The zero-order valence-electron chi connectivity index (χ0n) is 18.4. The van der Waals surface area contributed by atoms with Crippen molar-refractivity contribution in [1.82, 2.24) is 0 Å². The summed E-state index contributed by atoms with van der Waals surface area (Å²) in [7, 11) is 0. The summed E-state index contributed by atoms with van der Waals surface area (Å²) in [5.74, 6) is -0.403. The second-order valence-electron chi connectivity index (χ2n) is 7.86. The van der Waals surface area contributed by atoms with Crippen molar-refractivity contribution in [2.45, 2.75) is 136 Å². The second-order valence-corrected chi connectivity index (χ2v) is 7.86. The smallest absolute Gasteiger partial charge is 0.306 e. The Labute approximate surface area is 167 Å². The minimum absolute atomic E-state index is 0.0289. The van der Waals surface area contributed by atoms with Gasteiger partial charge in [-0.05, 0) is 46.0 Å². The molecule has 0 heterocycles. The largest absolute Gasteiger partial charge is 0.463 e. The average molecular weight is 385 g/mol. The number of esters is 2. The van der Waals surface area contributed by atoms with Crippen LogP contribution in [0.3, 0.4) is 0 Å². The minimum Gasteiger partial charge on any atom is -0.463 e. The lowest BCUT2D eigenvalue weighted by Crippen LogP contribution is -2.17. The van der Waals surface area contributed by atoms with Gasteiger partial charge in [-0.15, -0.1) is 0 Å². The van der Waals surface area contributed by atoms with Gasteiger partial charge in [-0.25, -0.2) is 0 Å². The molecule has 0 amide bonds. The SMILES string of the molecule is CCCCCCCCC(C)OC(=O)CCCC(=O)OC(C)CCCCCC. The van der Waals surface area contributed by atoms with Crippen LogP contribution >= 0.6 is 0 Å². The summed E-state index contributed by atoms with van der Waals surface area (Å²) in [6.07, 6.45) is 15.1. The van der Waals surface area contributed by atoms with E-state index in [1.807, 2.05) is 13.8 Å². The highest BCUT2D eigenvalue weighted by Gasteiger charge is 2.13. The van der Waals surface area contributed by atoms with E-state index in [0.717, 1.165) is 25.7 Å². The van der Waals surface area contributed by atoms with Gasteiger partial charge in [0.2, 0.25) is 0 Å². The summed E-state index contributed by atoms with van der Waals surface area (Å²) < 4.78 is 10.8. The molecule has 0 rings (SSSR count). The lowest BCUT2D eigenvalue weighted by Gasteiger charge is -2.14. The summed E-state index contributed by atoms with van der Waals surface area (Å²) in [6.45, 7) is 8.31. The lowest BCUT2D eigenvalue weighted by atomic mass is 10.1. The molecule has 0 N–H and O–H groups in total. The Hall–Kier alpha value is -1.06. The third kappa shape index (κ3) is 18.1. The van der Waals surface area contributed by atoms with Crippen molar-refractivity contribution in [2.24, 2.45) is 0 Å². The van der Waals surface area contributed by atoms with Crippen LogP contribution in [0.5, 0.6) is 0 Å². The monoisotopic (exact) mass is 384 g/mol. The molecule has 0 aliphatic carbocycles. The predicted molar refractivity (Wildman–Crippen MR) is 112 cm³/mol. The molecule has 0 aromatic rings. The molecule has 27 heavy (non-hydrogen) atoms. The van der Waals surface area contributed by atoms with Crippen LogP contribution in [0.25, 0.3) is 0 Å². The van der Waals surface area contributed by atoms with Gasteiger partial charge in [-0.1, -0.05) is 65.2 Å². The van der Waals surface area contributed by atoms with Crippen LogP contribution in [0.1, 0.15) is 124 Å². The van der Waals surface area contributed by atoms with E-state index >= 15 is 0 Å². The first kappa shape index (κ1) is 25.9. The van der Waals surface area contributed by atoms with Crippen LogP contribution in [-0.2, 0) is 19.1 Å². The Kier molecular flexibility index (Phi) is 17.6. The van der Waals surface area contributed by atoms with Crippen LogP contribution in [0.15, 0.2) is 0 Å². The van der Waals surface area contributed by atoms with E-state index in [1.165, 1.54) is 51.4 Å². The average Bonchev–Trinajstić information content (AvgIpc) is 2.61. The van der Waals surface area contributed by atoms with Crippen LogP contribution in [0.2, 0.25) is 0 Å². The Bertz CT molecular complexity index is 367. The molecule has 4 heteroatoms. The quantitative estimate of drug-likeness (QED) is 0.194. The van der Waals surface area contributed by atoms with Gasteiger partial charge in [0, 0.05) is 12.8 Å². The fourth-order valence-electron chi connectivity index (χ4n) is 3.13. The third-order valence-corrected chi connectivity index (χ3v) is 4.86. The fourth-order valence-corrected chi connectivity index (χ4v) is 3.13. The van der Waals surface area contributed by atoms with E-state index in [4.69, 9.17) is 9.47 Å². The molecule has 0 aromatic carbocycles. The van der Waals surface area contributed by atoms with Crippen LogP contribution in [0.4, 0.5) is 0 Å². The van der Waals surface area contributed by atoms with E-state index in [-0.39, 0.29) is 24.1 Å². The zero-order valence-corrected chi connectivity index (χ0v) is 18.4. The summed E-state index contributed by atoms with van der Waals surface area (Å²) in [4.78, 5) is 23.7. The molecule has 0 aliphatic rings. The highest BCUT2D eigenvalue weighted by atomic mass is 16.5. The molecule has 0 fully saturated rings. The van der Waals surface area contributed by atoms with Crippen molar-refractivity contribution < 1.29 is 19.1 Å². The molecule has 160 valence electrons. The summed E-state index contributed by atoms with van der Waals surface area (Å²) in [5.41, 5.74) is 0. The highest BCUT2D eigenvalue weighted by molar-refractivity contribution is 5.72. The maximum Gasteiger partial charge on any atom is 0.306 e. The van der Waals surface area contributed by atoms with E-state index in [1.54, 1.807) is 0 Å². The van der Waals surface area contributed by atoms with Gasteiger partial charge in [0.1, 0.15) is 0 Å². The Balaban J connectivity index is 3.63. The molecule has 0 aliphatic heterocycles. The number of carbonyl (C=O) groups is 2. The van der Waals surface area contributed by atoms with Gasteiger partial charge < -0.3 is 9.47 Å². The Morgan fingerprint density at radius 1 is 0.593 bits per heavy atom. The second kappa shape index (κ2) is 18.3. The normalized spacial score (nSPS) is 13.2. The summed E-state index contributed by atoms with van der Waals surface area (Å²) >= 11 is 0. The lowest BCUT2D eigenvalue weighted by molar-refractivity contribution is -0.150. The van der Waals surface area contributed by atoms with E-state index in [2.05, 4.69) is 13.8 Å². The first-order valence-electron chi connectivity index (χ1n) is 11.4. The van der Waals surface area contributed by atoms with Crippen molar-refractivity contribution in [3.05, 3.63) is 0 Å². The molecule has 0 saturated carbocycles. The topological polar surface area (TPSA) is 52.6 Å². The van der Waals surface area contributed by atoms with E-state index < -0.39 is 0 Å². The fraction of sp³-hybridized carbons (Fsp3) is 0.913. The van der Waals surface area contributed by atoms with Crippen LogP contribution in [0, 0.1) is 0 Å². The highest BCUT2D eigenvalue weighted by Crippen LogP contribution is 2.12. The van der Waals surface area contributed by atoms with Gasteiger partial charge in [-0.3, -0.25) is 9.59 Å². The molecule has 0 spiro atoms. The van der Waals surface area contributed by atoms with Crippen molar-refractivity contribution in [2.75, 3.05) is 0 Å². The molecule has 0 bridgehead atoms. The molecule has 0 saturated heterocycles. The van der Waals surface area contributed by atoms with Gasteiger partial charge in [0.15, 0.2) is 0 Å². The van der Waals surface area contributed by atoms with Crippen LogP contribution < -0.4 is 0 Å². The first-order chi connectivity index (χ1) is 13.0. The number of unbranched alkanes of at least 4 members (excludes halogenated alkanes) is 8. The number of ether oxygens (including phenoxy) is 2. The minimum atomic E-state index is -0.203. The standard InChI is InChI=1S/C23H44O4/c1-5-7-9-11-12-14-17-21(4)27-23(25)19-15-18-22(24)26-20(3)16-13-10-8-6-2/h20-21H,5-19H2,1-4H3. The molecular weight excluding hydrogens is 340 g/mol. The number of carbonyl (C=O) groups excluding carboxylic acids is 2. The van der Waals surface area contributed by atoms with Gasteiger partial charge >= 0.3 is 11.9 Å². The van der Waals surface area contributed by atoms with Crippen LogP contribution in [-0.4, -0.2) is 24.1 Å². The number of hydrogen-bond donors (Lipinski definition) is 0. The number of rotatable bonds is 18.